The highest BCUT2D eigenvalue weighted by atomic mass is 16.7. The number of nitrogens with two attached hydrogens (primary N) is 1. The van der Waals surface area contributed by atoms with Crippen LogP contribution in [-0.4, -0.2) is 31.3 Å². The first-order chi connectivity index (χ1) is 13.6. The van der Waals surface area contributed by atoms with Crippen LogP contribution in [0.4, 0.5) is 0 Å². The number of esters is 1. The fourth-order valence-electron chi connectivity index (χ4n) is 4.69. The van der Waals surface area contributed by atoms with Crippen LogP contribution in [-0.2, 0) is 23.9 Å². The van der Waals surface area contributed by atoms with Gasteiger partial charge in [0.15, 0.2) is 0 Å². The van der Waals surface area contributed by atoms with Crippen LogP contribution in [0.15, 0.2) is 12.7 Å². The number of hydrogen-bond acceptors (Lipinski definition) is 6. The van der Waals surface area contributed by atoms with Gasteiger partial charge in [-0.15, -0.1) is 0 Å². The summed E-state index contributed by atoms with van der Waals surface area (Å²) >= 11 is 0. The van der Waals surface area contributed by atoms with E-state index in [4.69, 9.17) is 15.4 Å². The summed E-state index contributed by atoms with van der Waals surface area (Å²) < 4.78 is 11.0. The van der Waals surface area contributed by atoms with E-state index >= 15 is 0 Å². The lowest BCUT2D eigenvalue weighted by Crippen LogP contribution is -2.31. The third-order valence-electron chi connectivity index (χ3n) is 6.41. The van der Waals surface area contributed by atoms with Crippen LogP contribution in [0.3, 0.4) is 0 Å². The molecular weight excluding hydrogens is 358 g/mol. The van der Waals surface area contributed by atoms with E-state index in [1.54, 1.807) is 0 Å². The molecule has 2 saturated carbocycles. The topological polar surface area (TPSA) is 87.8 Å². The molecule has 0 aromatic rings. The largest absolute Gasteiger partial charge is 0.463 e. The van der Waals surface area contributed by atoms with Gasteiger partial charge in [-0.1, -0.05) is 13.0 Å². The van der Waals surface area contributed by atoms with Gasteiger partial charge in [-0.05, 0) is 82.5 Å². The van der Waals surface area contributed by atoms with Crippen LogP contribution in [0.2, 0.25) is 0 Å². The van der Waals surface area contributed by atoms with E-state index in [0.29, 0.717) is 12.7 Å². The SMILES string of the molecule is C=CC(=O)OCCCCCCOC1CCC(C2CCC(C(=O)ON)CC2)CC1. The zero-order chi connectivity index (χ0) is 20.2. The molecule has 6 nitrogen and oxygen atoms in total. The molecule has 0 spiro atoms. The fraction of sp³-hybridized carbons (Fsp3) is 0.818. The maximum atomic E-state index is 11.5. The second-order valence-corrected chi connectivity index (χ2v) is 8.24. The summed E-state index contributed by atoms with van der Waals surface area (Å²) in [5.74, 6) is 5.97. The van der Waals surface area contributed by atoms with E-state index in [0.717, 1.165) is 82.7 Å². The predicted octanol–water partition coefficient (Wildman–Crippen LogP) is 4.07. The molecule has 160 valence electrons. The van der Waals surface area contributed by atoms with Crippen molar-refractivity contribution in [1.82, 2.24) is 0 Å². The number of carbonyl (C=O) groups is 2. The maximum Gasteiger partial charge on any atom is 0.330 e. The van der Waals surface area contributed by atoms with Crippen molar-refractivity contribution in [3.63, 3.8) is 0 Å². The van der Waals surface area contributed by atoms with Crippen LogP contribution >= 0.6 is 0 Å². The monoisotopic (exact) mass is 395 g/mol. The van der Waals surface area contributed by atoms with Crippen LogP contribution in [0.25, 0.3) is 0 Å². The summed E-state index contributed by atoms with van der Waals surface area (Å²) in [6.45, 7) is 4.68. The van der Waals surface area contributed by atoms with Crippen molar-refractivity contribution < 1.29 is 23.9 Å². The molecule has 0 aliphatic heterocycles. The van der Waals surface area contributed by atoms with Crippen LogP contribution in [0, 0.1) is 17.8 Å². The standard InChI is InChI=1S/C22H37NO5/c1-2-21(24)27-16-6-4-3-5-15-26-20-13-11-18(12-14-20)17-7-9-19(10-8-17)22(25)28-23/h2,17-20H,1,3-16,23H2. The third kappa shape index (κ3) is 7.92. The van der Waals surface area contributed by atoms with Gasteiger partial charge in [-0.2, -0.15) is 5.90 Å². The molecule has 0 unspecified atom stereocenters. The maximum absolute atomic E-state index is 11.5. The quantitative estimate of drug-likeness (QED) is 0.245. The highest BCUT2D eigenvalue weighted by Gasteiger charge is 2.33. The number of hydrogen-bond donors (Lipinski definition) is 1. The van der Waals surface area contributed by atoms with Gasteiger partial charge in [0.25, 0.3) is 0 Å². The fourth-order valence-corrected chi connectivity index (χ4v) is 4.69. The molecule has 28 heavy (non-hydrogen) atoms. The van der Waals surface area contributed by atoms with Crippen molar-refractivity contribution in [1.29, 1.82) is 0 Å². The molecule has 2 rings (SSSR count). The molecule has 2 fully saturated rings. The Bertz CT molecular complexity index is 479. The highest BCUT2D eigenvalue weighted by molar-refractivity contribution is 5.81. The Morgan fingerprint density at radius 2 is 1.43 bits per heavy atom. The van der Waals surface area contributed by atoms with E-state index in [9.17, 15) is 9.59 Å². The lowest BCUT2D eigenvalue weighted by Gasteiger charge is -2.37. The minimum atomic E-state index is -0.343. The summed E-state index contributed by atoms with van der Waals surface area (Å²) in [5.41, 5.74) is 0. The molecule has 0 aromatic carbocycles. The van der Waals surface area contributed by atoms with E-state index in [1.165, 1.54) is 18.9 Å². The zero-order valence-corrected chi connectivity index (χ0v) is 17.1. The highest BCUT2D eigenvalue weighted by Crippen LogP contribution is 2.40. The molecule has 0 radical (unpaired) electrons. The Balaban J connectivity index is 1.47. The molecule has 0 saturated heterocycles. The van der Waals surface area contributed by atoms with Gasteiger partial charge in [-0.3, -0.25) is 4.79 Å². The second kappa shape index (κ2) is 12.9. The summed E-state index contributed by atoms with van der Waals surface area (Å²) in [5, 5.41) is 0. The van der Waals surface area contributed by atoms with E-state index in [2.05, 4.69) is 11.4 Å². The smallest absolute Gasteiger partial charge is 0.330 e. The lowest BCUT2D eigenvalue weighted by atomic mass is 9.70. The molecule has 0 aromatic heterocycles. The van der Waals surface area contributed by atoms with Crippen LogP contribution in [0.5, 0.6) is 0 Å². The summed E-state index contributed by atoms with van der Waals surface area (Å²) in [7, 11) is 0. The molecule has 2 aliphatic rings. The van der Waals surface area contributed by atoms with Crippen molar-refractivity contribution in [3.8, 4) is 0 Å². The first-order valence-electron chi connectivity index (χ1n) is 11.0. The first kappa shape index (κ1) is 22.9. The number of carbonyl (C=O) groups excluding carboxylic acids is 2. The van der Waals surface area contributed by atoms with Gasteiger partial charge < -0.3 is 14.3 Å². The molecule has 2 N–H and O–H groups in total. The van der Waals surface area contributed by atoms with Crippen molar-refractivity contribution in [2.45, 2.75) is 83.2 Å². The molecule has 6 heteroatoms. The Morgan fingerprint density at radius 3 is 2.00 bits per heavy atom. The molecule has 0 heterocycles. The Kier molecular flexibility index (Phi) is 10.6. The Hall–Kier alpha value is -1.40. The van der Waals surface area contributed by atoms with Gasteiger partial charge >= 0.3 is 11.9 Å². The van der Waals surface area contributed by atoms with Gasteiger partial charge in [0.2, 0.25) is 0 Å². The van der Waals surface area contributed by atoms with Gasteiger partial charge in [-0.25, -0.2) is 4.79 Å². The van der Waals surface area contributed by atoms with Gasteiger partial charge in [0, 0.05) is 12.7 Å². The summed E-state index contributed by atoms with van der Waals surface area (Å²) in [6, 6.07) is 0. The van der Waals surface area contributed by atoms with Crippen molar-refractivity contribution in [2.24, 2.45) is 23.7 Å². The third-order valence-corrected chi connectivity index (χ3v) is 6.41. The minimum Gasteiger partial charge on any atom is -0.463 e. The van der Waals surface area contributed by atoms with Crippen LogP contribution < -0.4 is 5.90 Å². The summed E-state index contributed by atoms with van der Waals surface area (Å²) in [6.07, 6.45) is 14.6. The first-order valence-corrected chi connectivity index (χ1v) is 11.0. The lowest BCUT2D eigenvalue weighted by molar-refractivity contribution is -0.150. The molecule has 0 bridgehead atoms. The van der Waals surface area contributed by atoms with Gasteiger partial charge in [0.05, 0.1) is 18.6 Å². The molecule has 2 aliphatic carbocycles. The number of unbranched alkanes of at least 4 members (excludes halogenated alkanes) is 3. The van der Waals surface area contributed by atoms with Crippen LogP contribution in [0.1, 0.15) is 77.0 Å². The molecule has 0 atom stereocenters. The van der Waals surface area contributed by atoms with E-state index < -0.39 is 0 Å². The van der Waals surface area contributed by atoms with E-state index in [-0.39, 0.29) is 17.9 Å². The predicted molar refractivity (Wildman–Crippen MR) is 107 cm³/mol. The Morgan fingerprint density at radius 1 is 0.857 bits per heavy atom. The van der Waals surface area contributed by atoms with Gasteiger partial charge in [0.1, 0.15) is 0 Å². The van der Waals surface area contributed by atoms with Crippen molar-refractivity contribution in [2.75, 3.05) is 13.2 Å². The zero-order valence-electron chi connectivity index (χ0n) is 17.1. The average molecular weight is 396 g/mol. The van der Waals surface area contributed by atoms with Crippen molar-refractivity contribution >= 4 is 11.9 Å². The summed E-state index contributed by atoms with van der Waals surface area (Å²) in [4.78, 5) is 26.9. The number of ether oxygens (including phenoxy) is 2. The molecule has 0 amide bonds. The minimum absolute atomic E-state index is 0.00922. The van der Waals surface area contributed by atoms with E-state index in [1.807, 2.05) is 0 Å². The normalized spacial score (nSPS) is 27.8. The number of rotatable bonds is 11. The average Bonchev–Trinajstić information content (AvgIpc) is 2.75. The van der Waals surface area contributed by atoms with Crippen molar-refractivity contribution in [3.05, 3.63) is 12.7 Å². The molecular formula is C22H37NO5. The second-order valence-electron chi connectivity index (χ2n) is 8.24. The Labute approximate surface area is 169 Å².